The van der Waals surface area contributed by atoms with Crippen molar-refractivity contribution in [1.29, 1.82) is 0 Å². The van der Waals surface area contributed by atoms with Gasteiger partial charge in [0, 0.05) is 13.0 Å². The molecule has 14 heavy (non-hydrogen) atoms. The molecule has 0 amide bonds. The van der Waals surface area contributed by atoms with Crippen molar-refractivity contribution >= 4 is 5.97 Å². The van der Waals surface area contributed by atoms with E-state index in [0.29, 0.717) is 0 Å². The van der Waals surface area contributed by atoms with E-state index < -0.39 is 10.9 Å². The Hall–Kier alpha value is -1.91. The molecule has 0 saturated heterocycles. The van der Waals surface area contributed by atoms with Gasteiger partial charge >= 0.3 is 5.97 Å². The minimum atomic E-state index is -0.544. The highest BCUT2D eigenvalue weighted by Gasteiger charge is 2.03. The van der Waals surface area contributed by atoms with E-state index in [1.54, 1.807) is 0 Å². The van der Waals surface area contributed by atoms with Crippen molar-refractivity contribution in [2.45, 2.75) is 13.8 Å². The summed E-state index contributed by atoms with van der Waals surface area (Å²) in [6, 6.07) is 0. The Kier molecular flexibility index (Phi) is 4.91. The molecule has 76 valence electrons. The molecule has 0 fully saturated rings. The van der Waals surface area contributed by atoms with Crippen LogP contribution in [-0.2, 0) is 9.53 Å². The maximum Gasteiger partial charge on any atom is 0.308 e. The van der Waals surface area contributed by atoms with E-state index in [1.165, 1.54) is 32.1 Å². The minimum Gasteiger partial charge on any atom is -0.427 e. The molecule has 0 aliphatic rings. The topological polar surface area (TPSA) is 69.4 Å². The summed E-state index contributed by atoms with van der Waals surface area (Å²) in [7, 11) is 0. The van der Waals surface area contributed by atoms with Crippen molar-refractivity contribution in [2.75, 3.05) is 0 Å². The third-order valence-electron chi connectivity index (χ3n) is 1.22. The molecule has 0 aromatic carbocycles. The predicted octanol–water partition coefficient (Wildman–Crippen LogP) is 1.80. The average Bonchev–Trinajstić information content (AvgIpc) is 2.03. The van der Waals surface area contributed by atoms with E-state index in [1.807, 2.05) is 0 Å². The maximum absolute atomic E-state index is 10.4. The quantitative estimate of drug-likeness (QED) is 0.226. The molecule has 0 aromatic rings. The number of nitro groups is 1. The Bertz CT molecular complexity index is 315. The summed E-state index contributed by atoms with van der Waals surface area (Å²) in [6.07, 6.45) is 3.81. The Morgan fingerprint density at radius 2 is 2.07 bits per heavy atom. The maximum atomic E-state index is 10.4. The van der Waals surface area contributed by atoms with Gasteiger partial charge in [-0.1, -0.05) is 6.58 Å². The van der Waals surface area contributed by atoms with Crippen molar-refractivity contribution in [1.82, 2.24) is 0 Å². The summed E-state index contributed by atoms with van der Waals surface area (Å²) in [6.45, 7) is 6.14. The van der Waals surface area contributed by atoms with Crippen LogP contribution in [-0.4, -0.2) is 10.9 Å². The van der Waals surface area contributed by atoms with Crippen LogP contribution in [0, 0.1) is 10.1 Å². The number of rotatable bonds is 4. The number of allylic oxidation sites excluding steroid dienone is 3. The van der Waals surface area contributed by atoms with Crippen molar-refractivity contribution in [3.05, 3.63) is 46.4 Å². The smallest absolute Gasteiger partial charge is 0.308 e. The summed E-state index contributed by atoms with van der Waals surface area (Å²) in [5.41, 5.74) is -0.0849. The van der Waals surface area contributed by atoms with Gasteiger partial charge in [-0.25, -0.2) is 0 Å². The van der Waals surface area contributed by atoms with Crippen LogP contribution in [0.2, 0.25) is 0 Å². The number of ether oxygens (including phenoxy) is 1. The van der Waals surface area contributed by atoms with Crippen LogP contribution in [0.1, 0.15) is 13.8 Å². The van der Waals surface area contributed by atoms with Gasteiger partial charge in [0.15, 0.2) is 0 Å². The van der Waals surface area contributed by atoms with Crippen molar-refractivity contribution < 1.29 is 14.5 Å². The number of nitrogens with zero attached hydrogens (tertiary/aromatic N) is 1. The van der Waals surface area contributed by atoms with Gasteiger partial charge in [0.1, 0.15) is 5.76 Å². The molecule has 0 radical (unpaired) electrons. The fourth-order valence-corrected chi connectivity index (χ4v) is 0.659. The van der Waals surface area contributed by atoms with E-state index in [0.717, 1.165) is 0 Å². The highest BCUT2D eigenvalue weighted by atomic mass is 16.6. The molecule has 0 rings (SSSR count). The van der Waals surface area contributed by atoms with Crippen LogP contribution in [0.15, 0.2) is 36.3 Å². The van der Waals surface area contributed by atoms with Gasteiger partial charge in [-0.2, -0.15) is 0 Å². The molecule has 0 aliphatic carbocycles. The molecule has 0 bridgehead atoms. The Balaban J connectivity index is 4.36. The first-order chi connectivity index (χ1) is 6.47. The van der Waals surface area contributed by atoms with Crippen LogP contribution in [0.4, 0.5) is 0 Å². The summed E-state index contributed by atoms with van der Waals surface area (Å²) < 4.78 is 4.55. The highest BCUT2D eigenvalue weighted by Crippen LogP contribution is 2.02. The standard InChI is InChI=1S/C9H11NO4/c1-4-9(10(12)13)6-5-7(2)14-8(3)11/h4-6H,2H2,1,3H3/b6-5-,9-4+. The van der Waals surface area contributed by atoms with Crippen LogP contribution in [0.25, 0.3) is 0 Å². The third-order valence-corrected chi connectivity index (χ3v) is 1.22. The molecule has 5 nitrogen and oxygen atoms in total. The third kappa shape index (κ3) is 4.87. The Morgan fingerprint density at radius 1 is 1.50 bits per heavy atom. The zero-order valence-electron chi connectivity index (χ0n) is 8.02. The molecule has 5 heteroatoms. The van der Waals surface area contributed by atoms with Crippen LogP contribution in [0.5, 0.6) is 0 Å². The fraction of sp³-hybridized carbons (Fsp3) is 0.222. The van der Waals surface area contributed by atoms with Gasteiger partial charge in [0.25, 0.3) is 5.70 Å². The Labute approximate surface area is 81.5 Å². The van der Waals surface area contributed by atoms with Crippen LogP contribution >= 0.6 is 0 Å². The molecule has 0 spiro atoms. The molecule has 0 heterocycles. The van der Waals surface area contributed by atoms with Gasteiger partial charge in [-0.05, 0) is 19.1 Å². The number of carbonyl (C=O) groups excluding carboxylic acids is 1. The van der Waals surface area contributed by atoms with Gasteiger partial charge in [-0.15, -0.1) is 0 Å². The van der Waals surface area contributed by atoms with Gasteiger partial charge in [0.2, 0.25) is 0 Å². The summed E-state index contributed by atoms with van der Waals surface area (Å²) in [5.74, 6) is -0.443. The van der Waals surface area contributed by atoms with Gasteiger partial charge in [-0.3, -0.25) is 14.9 Å². The van der Waals surface area contributed by atoms with E-state index in [-0.39, 0.29) is 11.5 Å². The normalized spacial score (nSPS) is 11.4. The van der Waals surface area contributed by atoms with E-state index in [4.69, 9.17) is 0 Å². The summed E-state index contributed by atoms with van der Waals surface area (Å²) >= 11 is 0. The lowest BCUT2D eigenvalue weighted by atomic mass is 10.3. The monoisotopic (exact) mass is 197 g/mol. The number of esters is 1. The van der Waals surface area contributed by atoms with E-state index in [2.05, 4.69) is 11.3 Å². The molecule has 0 aliphatic heterocycles. The molecule has 0 unspecified atom stereocenters. The Morgan fingerprint density at radius 3 is 2.43 bits per heavy atom. The lowest BCUT2D eigenvalue weighted by Gasteiger charge is -1.97. The zero-order valence-corrected chi connectivity index (χ0v) is 8.02. The lowest BCUT2D eigenvalue weighted by Crippen LogP contribution is -1.97. The molecule has 0 aromatic heterocycles. The lowest BCUT2D eigenvalue weighted by molar-refractivity contribution is -0.419. The molecule has 0 saturated carbocycles. The first-order valence-corrected chi connectivity index (χ1v) is 3.83. The van der Waals surface area contributed by atoms with Gasteiger partial charge < -0.3 is 4.74 Å². The first kappa shape index (κ1) is 12.1. The summed E-state index contributed by atoms with van der Waals surface area (Å²) in [5, 5.41) is 10.3. The first-order valence-electron chi connectivity index (χ1n) is 3.83. The fourth-order valence-electron chi connectivity index (χ4n) is 0.659. The van der Waals surface area contributed by atoms with Crippen LogP contribution < -0.4 is 0 Å². The minimum absolute atomic E-state index is 0.0682. The van der Waals surface area contributed by atoms with Crippen molar-refractivity contribution in [3.63, 3.8) is 0 Å². The SMILES string of the molecule is C=C(/C=C\C(=C/C)[N+](=O)[O-])OC(C)=O. The predicted molar refractivity (Wildman–Crippen MR) is 50.8 cm³/mol. The second-order valence-corrected chi connectivity index (χ2v) is 2.36. The second-order valence-electron chi connectivity index (χ2n) is 2.36. The van der Waals surface area contributed by atoms with E-state index in [9.17, 15) is 14.9 Å². The highest BCUT2D eigenvalue weighted by molar-refractivity contribution is 5.67. The van der Waals surface area contributed by atoms with Gasteiger partial charge in [0.05, 0.1) is 4.92 Å². The molecular formula is C9H11NO4. The van der Waals surface area contributed by atoms with E-state index >= 15 is 0 Å². The second kappa shape index (κ2) is 5.69. The number of carbonyl (C=O) groups is 1. The van der Waals surface area contributed by atoms with Crippen molar-refractivity contribution in [3.8, 4) is 0 Å². The molecular weight excluding hydrogens is 186 g/mol. The molecule has 0 atom stereocenters. The van der Waals surface area contributed by atoms with Crippen LogP contribution in [0.3, 0.4) is 0 Å². The zero-order chi connectivity index (χ0) is 11.1. The largest absolute Gasteiger partial charge is 0.427 e. The number of hydrogen-bond acceptors (Lipinski definition) is 4. The summed E-state index contributed by atoms with van der Waals surface area (Å²) in [4.78, 5) is 20.2. The number of hydrogen-bond donors (Lipinski definition) is 0. The molecule has 0 N–H and O–H groups in total. The average molecular weight is 197 g/mol. The van der Waals surface area contributed by atoms with Crippen molar-refractivity contribution in [2.24, 2.45) is 0 Å².